The third kappa shape index (κ3) is 4.04. The van der Waals surface area contributed by atoms with Gasteiger partial charge in [-0.05, 0) is 51.0 Å². The second-order valence-corrected chi connectivity index (χ2v) is 10.2. The smallest absolute Gasteiger partial charge is 0.285 e. The first-order valence-electron chi connectivity index (χ1n) is 11.5. The number of likely N-dealkylation sites (tertiary alicyclic amines) is 1. The van der Waals surface area contributed by atoms with Crippen LogP contribution in [0.3, 0.4) is 0 Å². The van der Waals surface area contributed by atoms with Gasteiger partial charge in [0.1, 0.15) is 10.7 Å². The molecule has 178 valence electrons. The Kier molecular flexibility index (Phi) is 5.81. The van der Waals surface area contributed by atoms with Crippen molar-refractivity contribution in [3.63, 3.8) is 0 Å². The molecule has 1 saturated heterocycles. The van der Waals surface area contributed by atoms with Crippen LogP contribution in [0.5, 0.6) is 5.75 Å². The summed E-state index contributed by atoms with van der Waals surface area (Å²) < 4.78 is 40.6. The maximum Gasteiger partial charge on any atom is 0.285 e. The zero-order valence-electron chi connectivity index (χ0n) is 19.2. The molecule has 34 heavy (non-hydrogen) atoms. The molecular weight excluding hydrogens is 454 g/mol. The minimum absolute atomic E-state index is 0.0857. The van der Waals surface area contributed by atoms with Gasteiger partial charge in [0.05, 0.1) is 18.6 Å². The number of carbonyl (C=O) groups is 1. The van der Waals surface area contributed by atoms with Crippen molar-refractivity contribution in [3.8, 4) is 5.75 Å². The number of nitrogens with one attached hydrogen (secondary N) is 1. The van der Waals surface area contributed by atoms with Gasteiger partial charge in [-0.3, -0.25) is 4.79 Å². The first kappa shape index (κ1) is 22.5. The number of piperidine rings is 1. The Morgan fingerprint density at radius 2 is 2.09 bits per heavy atom. The number of nitrogens with zero attached hydrogens (tertiary/aromatic N) is 2. The standard InChI is InChI=1S/C25H27N3O5S/c1-3-32-20-11-6-8-17-14-21(33-23(17)20)16(2)26-25(29)18-9-7-13-28(15-18)24-19-10-4-5-12-22(19)34(30,31)27-24/h4-6,8,10-12,14,16,18H,3,7,9,13,15H2,1-2H3,(H,26,29). The van der Waals surface area contributed by atoms with Gasteiger partial charge in [0.15, 0.2) is 17.2 Å². The van der Waals surface area contributed by atoms with E-state index in [1.165, 1.54) is 0 Å². The lowest BCUT2D eigenvalue weighted by atomic mass is 9.96. The number of hydrogen-bond acceptors (Lipinski definition) is 6. The van der Waals surface area contributed by atoms with Crippen molar-refractivity contribution in [1.82, 2.24) is 10.2 Å². The van der Waals surface area contributed by atoms with Crippen molar-refractivity contribution in [2.24, 2.45) is 10.3 Å². The van der Waals surface area contributed by atoms with Crippen LogP contribution in [-0.4, -0.2) is 44.8 Å². The molecule has 2 aliphatic heterocycles. The normalized spacial score (nSPS) is 20.0. The predicted octanol–water partition coefficient (Wildman–Crippen LogP) is 3.87. The van der Waals surface area contributed by atoms with Gasteiger partial charge < -0.3 is 19.4 Å². The molecule has 1 fully saturated rings. The maximum absolute atomic E-state index is 13.1. The third-order valence-electron chi connectivity index (χ3n) is 6.32. The van der Waals surface area contributed by atoms with E-state index in [9.17, 15) is 13.2 Å². The van der Waals surface area contributed by atoms with Crippen LogP contribution in [0.25, 0.3) is 11.0 Å². The number of sulfonamides is 1. The topological polar surface area (TPSA) is 101 Å². The van der Waals surface area contributed by atoms with Gasteiger partial charge >= 0.3 is 0 Å². The lowest BCUT2D eigenvalue weighted by Gasteiger charge is -2.33. The van der Waals surface area contributed by atoms with E-state index in [0.717, 1.165) is 18.2 Å². The van der Waals surface area contributed by atoms with E-state index in [2.05, 4.69) is 9.71 Å². The zero-order chi connectivity index (χ0) is 23.9. The molecule has 0 radical (unpaired) electrons. The Bertz CT molecular complexity index is 1380. The summed E-state index contributed by atoms with van der Waals surface area (Å²) in [5.41, 5.74) is 1.27. The Labute approximate surface area is 198 Å². The van der Waals surface area contributed by atoms with E-state index in [-0.39, 0.29) is 22.8 Å². The molecule has 1 aromatic heterocycles. The van der Waals surface area contributed by atoms with Crippen molar-refractivity contribution >= 4 is 32.7 Å². The number of carbonyl (C=O) groups excluding carboxylic acids is 1. The molecule has 3 heterocycles. The quantitative estimate of drug-likeness (QED) is 0.594. The second-order valence-electron chi connectivity index (χ2n) is 8.66. The summed E-state index contributed by atoms with van der Waals surface area (Å²) in [6.07, 6.45) is 1.50. The van der Waals surface area contributed by atoms with Crippen LogP contribution in [0.15, 0.2) is 62.2 Å². The van der Waals surface area contributed by atoms with Gasteiger partial charge in [-0.15, -0.1) is 4.40 Å². The largest absolute Gasteiger partial charge is 0.490 e. The van der Waals surface area contributed by atoms with Gasteiger partial charge in [-0.25, -0.2) is 0 Å². The average molecular weight is 482 g/mol. The van der Waals surface area contributed by atoms with Crippen LogP contribution in [0.4, 0.5) is 0 Å². The average Bonchev–Trinajstić information content (AvgIpc) is 3.39. The van der Waals surface area contributed by atoms with E-state index < -0.39 is 10.0 Å². The molecule has 2 aromatic carbocycles. The molecule has 0 saturated carbocycles. The van der Waals surface area contributed by atoms with Crippen LogP contribution in [-0.2, 0) is 14.8 Å². The number of rotatable bonds is 5. The van der Waals surface area contributed by atoms with E-state index in [1.807, 2.05) is 43.0 Å². The summed E-state index contributed by atoms with van der Waals surface area (Å²) in [5, 5.41) is 3.99. The van der Waals surface area contributed by atoms with Crippen LogP contribution in [0, 0.1) is 5.92 Å². The lowest BCUT2D eigenvalue weighted by molar-refractivity contribution is -0.127. The minimum Gasteiger partial charge on any atom is -0.490 e. The number of amidine groups is 1. The fourth-order valence-electron chi connectivity index (χ4n) is 4.64. The number of hydrogen-bond donors (Lipinski definition) is 1. The van der Waals surface area contributed by atoms with E-state index in [0.29, 0.717) is 48.2 Å². The van der Waals surface area contributed by atoms with Gasteiger partial charge in [0, 0.05) is 24.0 Å². The molecule has 0 spiro atoms. The Hall–Kier alpha value is -3.33. The summed E-state index contributed by atoms with van der Waals surface area (Å²) >= 11 is 0. The Morgan fingerprint density at radius 3 is 2.91 bits per heavy atom. The number of para-hydroxylation sites is 1. The van der Waals surface area contributed by atoms with Crippen molar-refractivity contribution in [3.05, 3.63) is 59.9 Å². The predicted molar refractivity (Wildman–Crippen MR) is 128 cm³/mol. The van der Waals surface area contributed by atoms with Crippen molar-refractivity contribution < 1.29 is 22.4 Å². The SMILES string of the molecule is CCOc1cccc2cc(C(C)NC(=O)C3CCCN(C4=NS(=O)(=O)c5ccccc54)C3)oc12. The number of benzene rings is 2. The molecule has 2 atom stereocenters. The highest BCUT2D eigenvalue weighted by molar-refractivity contribution is 7.90. The Balaban J connectivity index is 1.30. The van der Waals surface area contributed by atoms with Gasteiger partial charge in [0.2, 0.25) is 5.91 Å². The molecule has 5 rings (SSSR count). The number of fused-ring (bicyclic) bond motifs is 2. The number of furan rings is 1. The zero-order valence-corrected chi connectivity index (χ0v) is 20.0. The molecule has 2 unspecified atom stereocenters. The van der Waals surface area contributed by atoms with E-state index >= 15 is 0 Å². The third-order valence-corrected chi connectivity index (χ3v) is 7.64. The first-order valence-corrected chi connectivity index (χ1v) is 13.0. The minimum atomic E-state index is -3.69. The molecule has 8 nitrogen and oxygen atoms in total. The fraction of sp³-hybridized carbons (Fsp3) is 0.360. The summed E-state index contributed by atoms with van der Waals surface area (Å²) in [6, 6.07) is 14.2. The van der Waals surface area contributed by atoms with Crippen molar-refractivity contribution in [2.75, 3.05) is 19.7 Å². The molecule has 0 aliphatic carbocycles. The summed E-state index contributed by atoms with van der Waals surface area (Å²) in [5.74, 6) is 1.40. The molecule has 9 heteroatoms. The highest BCUT2D eigenvalue weighted by Gasteiger charge is 2.35. The monoisotopic (exact) mass is 481 g/mol. The number of amides is 1. The van der Waals surface area contributed by atoms with Gasteiger partial charge in [-0.1, -0.05) is 24.3 Å². The summed E-state index contributed by atoms with van der Waals surface area (Å²) in [6.45, 7) is 5.42. The van der Waals surface area contributed by atoms with Crippen LogP contribution in [0.2, 0.25) is 0 Å². The highest BCUT2D eigenvalue weighted by atomic mass is 32.2. The molecule has 1 amide bonds. The van der Waals surface area contributed by atoms with Crippen LogP contribution < -0.4 is 10.1 Å². The molecular formula is C25H27N3O5S. The number of ether oxygens (including phenoxy) is 1. The van der Waals surface area contributed by atoms with Crippen molar-refractivity contribution in [2.45, 2.75) is 37.6 Å². The van der Waals surface area contributed by atoms with Crippen LogP contribution >= 0.6 is 0 Å². The van der Waals surface area contributed by atoms with Gasteiger partial charge in [0.25, 0.3) is 10.0 Å². The molecule has 2 aliphatic rings. The molecule has 3 aromatic rings. The van der Waals surface area contributed by atoms with Crippen LogP contribution in [0.1, 0.15) is 44.1 Å². The lowest BCUT2D eigenvalue weighted by Crippen LogP contribution is -2.45. The summed E-state index contributed by atoms with van der Waals surface area (Å²) in [7, 11) is -3.69. The maximum atomic E-state index is 13.1. The second kappa shape index (κ2) is 8.79. The van der Waals surface area contributed by atoms with E-state index in [4.69, 9.17) is 9.15 Å². The van der Waals surface area contributed by atoms with E-state index in [1.54, 1.807) is 24.3 Å². The molecule has 0 bridgehead atoms. The summed E-state index contributed by atoms with van der Waals surface area (Å²) in [4.78, 5) is 15.3. The van der Waals surface area contributed by atoms with Crippen molar-refractivity contribution in [1.29, 1.82) is 0 Å². The van der Waals surface area contributed by atoms with Gasteiger partial charge in [-0.2, -0.15) is 8.42 Å². The first-order chi connectivity index (χ1) is 16.4. The molecule has 1 N–H and O–H groups in total. The highest BCUT2D eigenvalue weighted by Crippen LogP contribution is 2.32. The Morgan fingerprint density at radius 1 is 1.26 bits per heavy atom. The fourth-order valence-corrected chi connectivity index (χ4v) is 5.87.